The fourth-order valence-electron chi connectivity index (χ4n) is 3.98. The highest BCUT2D eigenvalue weighted by atomic mass is 16.3. The molecule has 1 aliphatic heterocycles. The molecule has 6 nitrogen and oxygen atoms in total. The van der Waals surface area contributed by atoms with Gasteiger partial charge in [0.2, 0.25) is 0 Å². The Morgan fingerprint density at radius 2 is 1.89 bits per heavy atom. The molecule has 27 heavy (non-hydrogen) atoms. The van der Waals surface area contributed by atoms with Crippen molar-refractivity contribution in [3.8, 4) is 0 Å². The molecule has 1 aromatic carbocycles. The number of nitrogens with zero attached hydrogens (tertiary/aromatic N) is 2. The number of nitrogens with one attached hydrogen (secondary N) is 1. The summed E-state index contributed by atoms with van der Waals surface area (Å²) in [5, 5.41) is 0. The molecule has 6 heteroatoms. The van der Waals surface area contributed by atoms with Gasteiger partial charge in [0.15, 0.2) is 17.3 Å². The number of carbonyl (C=O) groups excluding carboxylic acids is 2. The Balaban J connectivity index is 1.49. The van der Waals surface area contributed by atoms with E-state index in [0.717, 1.165) is 41.1 Å². The molecule has 0 radical (unpaired) electrons. The zero-order valence-corrected chi connectivity index (χ0v) is 15.8. The third kappa shape index (κ3) is 3.05. The van der Waals surface area contributed by atoms with E-state index < -0.39 is 0 Å². The van der Waals surface area contributed by atoms with E-state index in [0.29, 0.717) is 24.3 Å². The van der Waals surface area contributed by atoms with Gasteiger partial charge in [-0.05, 0) is 44.4 Å². The summed E-state index contributed by atoms with van der Waals surface area (Å²) < 4.78 is 5.90. The maximum absolute atomic E-state index is 13.0. The molecule has 1 fully saturated rings. The summed E-state index contributed by atoms with van der Waals surface area (Å²) in [6.07, 6.45) is 1.64. The molecule has 1 N–H and O–H groups in total. The highest BCUT2D eigenvalue weighted by Crippen LogP contribution is 2.31. The quantitative estimate of drug-likeness (QED) is 0.712. The third-order valence-corrected chi connectivity index (χ3v) is 5.45. The van der Waals surface area contributed by atoms with Gasteiger partial charge in [-0.15, -0.1) is 0 Å². The number of fused-ring (bicyclic) bond motifs is 1. The molecular formula is C21H23N3O3. The molecule has 1 aliphatic rings. The molecule has 0 aliphatic carbocycles. The number of oxazole rings is 1. The Morgan fingerprint density at radius 3 is 2.52 bits per heavy atom. The van der Waals surface area contributed by atoms with E-state index in [9.17, 15) is 9.59 Å². The number of carbonyl (C=O) groups is 2. The van der Waals surface area contributed by atoms with E-state index in [1.54, 1.807) is 0 Å². The number of rotatable bonds is 3. The first-order valence-corrected chi connectivity index (χ1v) is 9.30. The van der Waals surface area contributed by atoms with Crippen LogP contribution in [0.25, 0.3) is 11.1 Å². The van der Waals surface area contributed by atoms with Gasteiger partial charge in [0.25, 0.3) is 5.91 Å². The van der Waals surface area contributed by atoms with Crippen LogP contribution in [0.1, 0.15) is 63.7 Å². The molecule has 0 bridgehead atoms. The van der Waals surface area contributed by atoms with Crippen molar-refractivity contribution in [3.05, 3.63) is 52.7 Å². The van der Waals surface area contributed by atoms with Gasteiger partial charge < -0.3 is 14.3 Å². The number of hydrogen-bond donors (Lipinski definition) is 1. The molecule has 1 amide bonds. The highest BCUT2D eigenvalue weighted by Gasteiger charge is 2.30. The van der Waals surface area contributed by atoms with Crippen LogP contribution in [0.5, 0.6) is 0 Å². The fraction of sp³-hybridized carbons (Fsp3) is 0.381. The minimum absolute atomic E-state index is 0.00948. The van der Waals surface area contributed by atoms with Crippen molar-refractivity contribution in [1.29, 1.82) is 0 Å². The second kappa shape index (κ2) is 6.68. The second-order valence-corrected chi connectivity index (χ2v) is 7.27. The maximum atomic E-state index is 13.0. The van der Waals surface area contributed by atoms with E-state index in [1.807, 2.05) is 43.0 Å². The zero-order valence-electron chi connectivity index (χ0n) is 15.8. The Labute approximate surface area is 157 Å². The van der Waals surface area contributed by atoms with E-state index >= 15 is 0 Å². The van der Waals surface area contributed by atoms with Gasteiger partial charge in [-0.3, -0.25) is 9.59 Å². The highest BCUT2D eigenvalue weighted by molar-refractivity contribution is 6.02. The van der Waals surface area contributed by atoms with E-state index in [4.69, 9.17) is 4.42 Å². The van der Waals surface area contributed by atoms with E-state index in [1.165, 1.54) is 6.92 Å². The van der Waals surface area contributed by atoms with Crippen LogP contribution in [-0.2, 0) is 0 Å². The molecule has 3 aromatic rings. The van der Waals surface area contributed by atoms with Crippen molar-refractivity contribution in [2.75, 3.05) is 13.1 Å². The molecule has 2 aromatic heterocycles. The van der Waals surface area contributed by atoms with Gasteiger partial charge in [0, 0.05) is 31.6 Å². The summed E-state index contributed by atoms with van der Waals surface area (Å²) in [5.41, 5.74) is 4.33. The van der Waals surface area contributed by atoms with Gasteiger partial charge in [-0.1, -0.05) is 12.1 Å². The van der Waals surface area contributed by atoms with Crippen molar-refractivity contribution >= 4 is 22.8 Å². The van der Waals surface area contributed by atoms with Gasteiger partial charge >= 0.3 is 0 Å². The molecule has 0 saturated carbocycles. The number of likely N-dealkylation sites (tertiary alicyclic amines) is 1. The largest absolute Gasteiger partial charge is 0.440 e. The molecule has 4 rings (SSSR count). The van der Waals surface area contributed by atoms with E-state index in [-0.39, 0.29) is 17.6 Å². The minimum Gasteiger partial charge on any atom is -0.440 e. The molecule has 140 valence electrons. The number of amides is 1. The molecule has 3 heterocycles. The fourth-order valence-corrected chi connectivity index (χ4v) is 3.98. The first-order valence-electron chi connectivity index (χ1n) is 9.30. The summed E-state index contributed by atoms with van der Waals surface area (Å²) in [7, 11) is 0. The van der Waals surface area contributed by atoms with E-state index in [2.05, 4.69) is 9.97 Å². The van der Waals surface area contributed by atoms with Crippen LogP contribution in [0.3, 0.4) is 0 Å². The van der Waals surface area contributed by atoms with Crippen molar-refractivity contribution < 1.29 is 14.0 Å². The van der Waals surface area contributed by atoms with Gasteiger partial charge in [-0.2, -0.15) is 0 Å². The summed E-state index contributed by atoms with van der Waals surface area (Å²) in [6, 6.07) is 7.77. The molecule has 0 atom stereocenters. The average molecular weight is 365 g/mol. The zero-order chi connectivity index (χ0) is 19.1. The number of H-pyrrole nitrogens is 1. The number of piperidine rings is 1. The number of benzene rings is 1. The third-order valence-electron chi connectivity index (χ3n) is 5.45. The van der Waals surface area contributed by atoms with Crippen molar-refractivity contribution in [2.24, 2.45) is 0 Å². The second-order valence-electron chi connectivity index (χ2n) is 7.27. The van der Waals surface area contributed by atoms with Gasteiger partial charge in [0.1, 0.15) is 5.52 Å². The predicted octanol–water partition coefficient (Wildman–Crippen LogP) is 4.00. The number of ketones is 1. The average Bonchev–Trinajstić information content (AvgIpc) is 3.22. The van der Waals surface area contributed by atoms with Crippen LogP contribution in [0.4, 0.5) is 0 Å². The van der Waals surface area contributed by atoms with Crippen LogP contribution >= 0.6 is 0 Å². The molecule has 0 spiro atoms. The van der Waals surface area contributed by atoms with Crippen LogP contribution < -0.4 is 0 Å². The summed E-state index contributed by atoms with van der Waals surface area (Å²) in [6.45, 7) is 6.50. The van der Waals surface area contributed by atoms with Gasteiger partial charge in [0.05, 0.1) is 11.3 Å². The van der Waals surface area contributed by atoms with Crippen LogP contribution in [0, 0.1) is 13.8 Å². The smallest absolute Gasteiger partial charge is 0.255 e. The topological polar surface area (TPSA) is 79.2 Å². The monoisotopic (exact) mass is 365 g/mol. The first-order chi connectivity index (χ1) is 13.0. The molecular weight excluding hydrogens is 342 g/mol. The summed E-state index contributed by atoms with van der Waals surface area (Å²) >= 11 is 0. The number of aromatic amines is 1. The Hall–Kier alpha value is -2.89. The number of hydrogen-bond acceptors (Lipinski definition) is 4. The Kier molecular flexibility index (Phi) is 4.34. The SMILES string of the molecule is CC(=O)c1[nH]c(C)c(C(=O)N2CCC(c3nc4ccccc4o3)CC2)c1C. The van der Waals surface area contributed by atoms with Crippen molar-refractivity contribution in [1.82, 2.24) is 14.9 Å². The standard InChI is InChI=1S/C21H23N3O3/c1-12-18(13(2)22-19(12)14(3)25)21(26)24-10-8-15(9-11-24)20-23-16-6-4-5-7-17(16)27-20/h4-7,15,22H,8-11H2,1-3H3. The number of Topliss-reactive ketones (excluding diaryl/α,β-unsaturated/α-hetero) is 1. The van der Waals surface area contributed by atoms with Gasteiger partial charge in [-0.25, -0.2) is 4.98 Å². The predicted molar refractivity (Wildman–Crippen MR) is 102 cm³/mol. The number of aromatic nitrogens is 2. The lowest BCUT2D eigenvalue weighted by Crippen LogP contribution is -2.38. The minimum atomic E-state index is -0.0516. The Morgan fingerprint density at radius 1 is 1.19 bits per heavy atom. The summed E-state index contributed by atoms with van der Waals surface area (Å²) in [4.78, 5) is 34.3. The lowest BCUT2D eigenvalue weighted by Gasteiger charge is -2.30. The maximum Gasteiger partial charge on any atom is 0.255 e. The van der Waals surface area contributed by atoms with Crippen molar-refractivity contribution in [2.45, 2.75) is 39.5 Å². The number of aryl methyl sites for hydroxylation is 1. The summed E-state index contributed by atoms with van der Waals surface area (Å²) in [5.74, 6) is 0.924. The van der Waals surface area contributed by atoms with Crippen LogP contribution in [0.2, 0.25) is 0 Å². The first kappa shape index (κ1) is 17.5. The van der Waals surface area contributed by atoms with Crippen molar-refractivity contribution in [3.63, 3.8) is 0 Å². The number of para-hydroxylation sites is 2. The lowest BCUT2D eigenvalue weighted by atomic mass is 9.96. The lowest BCUT2D eigenvalue weighted by molar-refractivity contribution is 0.0705. The normalized spacial score (nSPS) is 15.4. The molecule has 1 saturated heterocycles. The van der Waals surface area contributed by atoms with Crippen LogP contribution in [0.15, 0.2) is 28.7 Å². The Bertz CT molecular complexity index is 990. The van der Waals surface area contributed by atoms with Crippen LogP contribution in [-0.4, -0.2) is 39.6 Å². The molecule has 0 unspecified atom stereocenters.